The number of hydrogen-bond acceptors (Lipinski definition) is 4. The van der Waals surface area contributed by atoms with Crippen LogP contribution in [0.5, 0.6) is 0 Å². The average Bonchev–Trinajstić information content (AvgIpc) is 2.92. The van der Waals surface area contributed by atoms with Crippen LogP contribution in [0.4, 0.5) is 0 Å². The first-order chi connectivity index (χ1) is 10.6. The molecule has 0 spiro atoms. The van der Waals surface area contributed by atoms with Crippen LogP contribution >= 0.6 is 11.6 Å². The van der Waals surface area contributed by atoms with Gasteiger partial charge in [0.25, 0.3) is 0 Å². The lowest BCUT2D eigenvalue weighted by Crippen LogP contribution is -2.02. The zero-order valence-corrected chi connectivity index (χ0v) is 12.8. The number of aliphatic hydroxyl groups excluding tert-OH is 1. The van der Waals surface area contributed by atoms with Crippen molar-refractivity contribution in [3.05, 3.63) is 70.9 Å². The van der Waals surface area contributed by atoms with Gasteiger partial charge in [-0.05, 0) is 34.9 Å². The van der Waals surface area contributed by atoms with Gasteiger partial charge in [-0.2, -0.15) is 0 Å². The third-order valence-corrected chi connectivity index (χ3v) is 3.60. The van der Waals surface area contributed by atoms with Crippen LogP contribution in [-0.2, 0) is 6.42 Å². The van der Waals surface area contributed by atoms with E-state index in [9.17, 15) is 5.11 Å². The molecule has 1 N–H and O–H groups in total. The maximum Gasteiger partial charge on any atom is 0.219 e. The fraction of sp³-hybridized carbons (Fsp3) is 0.176. The normalized spacial score (nSPS) is 12.3. The van der Waals surface area contributed by atoms with E-state index in [-0.39, 0.29) is 0 Å². The van der Waals surface area contributed by atoms with Crippen molar-refractivity contribution in [2.45, 2.75) is 19.4 Å². The highest BCUT2D eigenvalue weighted by Crippen LogP contribution is 2.26. The summed E-state index contributed by atoms with van der Waals surface area (Å²) < 4.78 is 5.31. The summed E-state index contributed by atoms with van der Waals surface area (Å²) in [6.45, 7) is 1.72. The molecule has 1 aromatic heterocycles. The molecular formula is C17H15ClN2O2. The topological polar surface area (TPSA) is 59.2 Å². The number of aryl methyl sites for hydroxylation is 1. The van der Waals surface area contributed by atoms with Crippen molar-refractivity contribution in [3.8, 4) is 11.1 Å². The summed E-state index contributed by atoms with van der Waals surface area (Å²) >= 11 is 6.03. The van der Waals surface area contributed by atoms with Crippen LogP contribution in [0.25, 0.3) is 11.1 Å². The molecule has 0 aliphatic carbocycles. The molecule has 0 saturated carbocycles. The smallest absolute Gasteiger partial charge is 0.219 e. The van der Waals surface area contributed by atoms with Gasteiger partial charge in [-0.1, -0.05) is 41.9 Å². The highest BCUT2D eigenvalue weighted by atomic mass is 35.5. The van der Waals surface area contributed by atoms with Crippen molar-refractivity contribution in [3.63, 3.8) is 0 Å². The third kappa shape index (κ3) is 3.35. The van der Waals surface area contributed by atoms with Gasteiger partial charge in [0.15, 0.2) is 0 Å². The highest BCUT2D eigenvalue weighted by molar-refractivity contribution is 6.30. The van der Waals surface area contributed by atoms with Crippen molar-refractivity contribution >= 4 is 11.6 Å². The number of rotatable bonds is 4. The van der Waals surface area contributed by atoms with Gasteiger partial charge in [0.1, 0.15) is 0 Å². The average molecular weight is 315 g/mol. The van der Waals surface area contributed by atoms with E-state index in [0.717, 1.165) is 16.7 Å². The molecule has 112 valence electrons. The van der Waals surface area contributed by atoms with Crippen molar-refractivity contribution in [1.82, 2.24) is 10.2 Å². The van der Waals surface area contributed by atoms with Crippen LogP contribution < -0.4 is 0 Å². The Morgan fingerprint density at radius 1 is 1.09 bits per heavy atom. The first kappa shape index (κ1) is 14.8. The van der Waals surface area contributed by atoms with Gasteiger partial charge < -0.3 is 9.52 Å². The zero-order chi connectivity index (χ0) is 15.5. The summed E-state index contributed by atoms with van der Waals surface area (Å²) in [5.74, 6) is 0.924. The predicted octanol–water partition coefficient (Wildman–Crippen LogP) is 3.97. The maximum atomic E-state index is 10.4. The van der Waals surface area contributed by atoms with Gasteiger partial charge in [0.05, 0.1) is 12.5 Å². The minimum Gasteiger partial charge on any atom is -0.425 e. The number of nitrogens with zero attached hydrogens (tertiary/aromatic N) is 2. The molecule has 1 heterocycles. The minimum atomic E-state index is -0.695. The SMILES string of the molecule is Cc1nnc(CC(O)c2cccc(-c3cccc(Cl)c3)c2)o1. The molecule has 0 fully saturated rings. The first-order valence-corrected chi connectivity index (χ1v) is 7.32. The number of halogens is 1. The lowest BCUT2D eigenvalue weighted by atomic mass is 9.99. The Morgan fingerprint density at radius 2 is 1.82 bits per heavy atom. The molecule has 3 aromatic rings. The molecule has 4 nitrogen and oxygen atoms in total. The van der Waals surface area contributed by atoms with Crippen molar-refractivity contribution < 1.29 is 9.52 Å². The Morgan fingerprint density at radius 3 is 2.50 bits per heavy atom. The van der Waals surface area contributed by atoms with Crippen LogP contribution in [0.1, 0.15) is 23.4 Å². The minimum absolute atomic E-state index is 0.292. The monoisotopic (exact) mass is 314 g/mol. The Bertz CT molecular complexity index is 786. The summed E-state index contributed by atoms with van der Waals surface area (Å²) in [6, 6.07) is 15.3. The summed E-state index contributed by atoms with van der Waals surface area (Å²) in [5.41, 5.74) is 2.81. The van der Waals surface area contributed by atoms with Crippen LogP contribution in [0.3, 0.4) is 0 Å². The fourth-order valence-corrected chi connectivity index (χ4v) is 2.49. The number of benzene rings is 2. The molecule has 1 atom stereocenters. The van der Waals surface area contributed by atoms with Crippen molar-refractivity contribution in [1.29, 1.82) is 0 Å². The fourth-order valence-electron chi connectivity index (χ4n) is 2.30. The predicted molar refractivity (Wildman–Crippen MR) is 84.6 cm³/mol. The van der Waals surface area contributed by atoms with Gasteiger partial charge in [-0.25, -0.2) is 0 Å². The van der Waals surface area contributed by atoms with Crippen LogP contribution in [0, 0.1) is 6.92 Å². The van der Waals surface area contributed by atoms with Gasteiger partial charge in [-0.15, -0.1) is 10.2 Å². The largest absolute Gasteiger partial charge is 0.425 e. The summed E-state index contributed by atoms with van der Waals surface area (Å²) in [6.07, 6.45) is -0.404. The standard InChI is InChI=1S/C17H15ClN2O2/c1-11-19-20-17(22-11)10-16(21)14-6-2-4-12(8-14)13-5-3-7-15(18)9-13/h2-9,16,21H,10H2,1H3. The Balaban J connectivity index is 1.84. The number of hydrogen-bond donors (Lipinski definition) is 1. The van der Waals surface area contributed by atoms with Crippen molar-refractivity contribution in [2.24, 2.45) is 0 Å². The molecule has 0 amide bonds. The Hall–Kier alpha value is -2.17. The van der Waals surface area contributed by atoms with E-state index in [1.54, 1.807) is 6.92 Å². The second kappa shape index (κ2) is 6.30. The molecule has 0 aliphatic heterocycles. The van der Waals surface area contributed by atoms with Crippen molar-refractivity contribution in [2.75, 3.05) is 0 Å². The molecule has 0 aliphatic rings. The third-order valence-electron chi connectivity index (χ3n) is 3.37. The van der Waals surface area contributed by atoms with E-state index in [2.05, 4.69) is 10.2 Å². The van der Waals surface area contributed by atoms with E-state index in [4.69, 9.17) is 16.0 Å². The van der Waals surface area contributed by atoms with Gasteiger partial charge in [0, 0.05) is 11.9 Å². The molecule has 22 heavy (non-hydrogen) atoms. The van der Waals surface area contributed by atoms with Gasteiger partial charge >= 0.3 is 0 Å². The first-order valence-electron chi connectivity index (χ1n) is 6.95. The quantitative estimate of drug-likeness (QED) is 0.791. The van der Waals surface area contributed by atoms with E-state index in [1.807, 2.05) is 48.5 Å². The van der Waals surface area contributed by atoms with E-state index < -0.39 is 6.10 Å². The molecule has 1 unspecified atom stereocenters. The van der Waals surface area contributed by atoms with E-state index in [0.29, 0.717) is 23.2 Å². The van der Waals surface area contributed by atoms with E-state index in [1.165, 1.54) is 0 Å². The second-order valence-electron chi connectivity index (χ2n) is 5.07. The molecule has 3 rings (SSSR count). The number of aromatic nitrogens is 2. The summed E-state index contributed by atoms with van der Waals surface area (Å²) in [7, 11) is 0. The van der Waals surface area contributed by atoms with E-state index >= 15 is 0 Å². The van der Waals surface area contributed by atoms with Gasteiger partial charge in [-0.3, -0.25) is 0 Å². The molecule has 2 aromatic carbocycles. The molecule has 0 radical (unpaired) electrons. The summed E-state index contributed by atoms with van der Waals surface area (Å²) in [4.78, 5) is 0. The number of aliphatic hydroxyl groups is 1. The van der Waals surface area contributed by atoms with Gasteiger partial charge in [0.2, 0.25) is 11.8 Å². The lowest BCUT2D eigenvalue weighted by Gasteiger charge is -2.11. The van der Waals surface area contributed by atoms with Crippen LogP contribution in [-0.4, -0.2) is 15.3 Å². The Labute approximate surface area is 133 Å². The summed E-state index contributed by atoms with van der Waals surface area (Å²) in [5, 5.41) is 18.7. The molecular weight excluding hydrogens is 300 g/mol. The lowest BCUT2D eigenvalue weighted by molar-refractivity contribution is 0.168. The maximum absolute atomic E-state index is 10.4. The zero-order valence-electron chi connectivity index (χ0n) is 12.0. The molecule has 5 heteroatoms. The Kier molecular flexibility index (Phi) is 4.22. The van der Waals surface area contributed by atoms with Crippen LogP contribution in [0.15, 0.2) is 52.9 Å². The molecule has 0 bridgehead atoms. The highest BCUT2D eigenvalue weighted by Gasteiger charge is 2.13. The van der Waals surface area contributed by atoms with Crippen LogP contribution in [0.2, 0.25) is 5.02 Å². The second-order valence-corrected chi connectivity index (χ2v) is 5.51. The molecule has 0 saturated heterocycles.